The summed E-state index contributed by atoms with van der Waals surface area (Å²) in [4.78, 5) is 15.7. The number of ketones is 1. The highest BCUT2D eigenvalue weighted by Crippen LogP contribution is 2.45. The van der Waals surface area contributed by atoms with Crippen molar-refractivity contribution in [3.63, 3.8) is 0 Å². The van der Waals surface area contributed by atoms with Gasteiger partial charge in [-0.1, -0.05) is 6.92 Å². The molecule has 1 aromatic heterocycles. The Kier molecular flexibility index (Phi) is 4.13. The fourth-order valence-electron chi connectivity index (χ4n) is 2.31. The predicted octanol–water partition coefficient (Wildman–Crippen LogP) is 2.61. The fraction of sp³-hybridized carbons (Fsp3) is 0.615. The topological polar surface area (TPSA) is 66.6 Å². The van der Waals surface area contributed by atoms with Crippen LogP contribution in [0.1, 0.15) is 36.4 Å². The minimum Gasteiger partial charge on any atom is -0.396 e. The van der Waals surface area contributed by atoms with E-state index in [1.54, 1.807) is 11.8 Å². The lowest BCUT2D eigenvalue weighted by Crippen LogP contribution is -2.29. The molecule has 3 N–H and O–H groups in total. The molecule has 0 spiro atoms. The summed E-state index contributed by atoms with van der Waals surface area (Å²) in [6.07, 6.45) is 3.18. The van der Waals surface area contributed by atoms with Gasteiger partial charge < -0.3 is 15.7 Å². The second kappa shape index (κ2) is 5.34. The Bertz CT molecular complexity index is 497. The van der Waals surface area contributed by atoms with E-state index in [0.717, 1.165) is 22.9 Å². The van der Waals surface area contributed by atoms with Gasteiger partial charge in [-0.15, -0.1) is 23.1 Å². The molecule has 1 saturated heterocycles. The minimum atomic E-state index is -0.649. The second-order valence-electron chi connectivity index (χ2n) is 5.13. The molecule has 1 aliphatic rings. The number of rotatable bonds is 4. The fourth-order valence-corrected chi connectivity index (χ4v) is 4.52. The Morgan fingerprint density at radius 3 is 2.79 bits per heavy atom. The molecular weight excluding hydrogens is 280 g/mol. The smallest absolute Gasteiger partial charge is 0.174 e. The number of carbonyl (C=O) groups excluding carboxylic acids is 1. The van der Waals surface area contributed by atoms with E-state index < -0.39 is 5.60 Å². The van der Waals surface area contributed by atoms with Gasteiger partial charge >= 0.3 is 0 Å². The average Bonchev–Trinajstić information content (AvgIpc) is 2.88. The zero-order chi connectivity index (χ0) is 14.2. The van der Waals surface area contributed by atoms with Gasteiger partial charge in [-0.25, -0.2) is 0 Å². The lowest BCUT2D eigenvalue weighted by Gasteiger charge is -2.20. The number of anilines is 2. The summed E-state index contributed by atoms with van der Waals surface area (Å²) in [7, 11) is 0. The minimum absolute atomic E-state index is 0.0926. The highest BCUT2D eigenvalue weighted by Gasteiger charge is 2.34. The van der Waals surface area contributed by atoms with Crippen molar-refractivity contribution in [1.82, 2.24) is 0 Å². The molecule has 0 saturated carbocycles. The number of carbonyl (C=O) groups is 1. The monoisotopic (exact) mass is 300 g/mol. The number of thioether (sulfide) groups is 1. The van der Waals surface area contributed by atoms with E-state index in [0.29, 0.717) is 23.5 Å². The molecule has 1 aromatic rings. The molecule has 106 valence electrons. The van der Waals surface area contributed by atoms with Gasteiger partial charge in [-0.05, 0) is 19.6 Å². The summed E-state index contributed by atoms with van der Waals surface area (Å²) < 4.78 is 0. The van der Waals surface area contributed by atoms with Crippen molar-refractivity contribution in [3.8, 4) is 0 Å². The molecule has 0 aromatic carbocycles. The second-order valence-corrected chi connectivity index (χ2v) is 6.94. The Hall–Kier alpha value is -0.720. The van der Waals surface area contributed by atoms with Crippen LogP contribution in [0.5, 0.6) is 0 Å². The quantitative estimate of drug-likeness (QED) is 0.661. The zero-order valence-electron chi connectivity index (χ0n) is 11.5. The number of nitrogens with zero attached hydrogens (tertiary/aromatic N) is 1. The molecule has 1 unspecified atom stereocenters. The molecule has 19 heavy (non-hydrogen) atoms. The zero-order valence-corrected chi connectivity index (χ0v) is 13.2. The first kappa shape index (κ1) is 14.7. The van der Waals surface area contributed by atoms with Crippen molar-refractivity contribution >= 4 is 39.6 Å². The third kappa shape index (κ3) is 2.75. The summed E-state index contributed by atoms with van der Waals surface area (Å²) in [6.45, 7) is 5.10. The van der Waals surface area contributed by atoms with Crippen LogP contribution in [0, 0.1) is 0 Å². The molecule has 1 aliphatic heterocycles. The maximum absolute atomic E-state index is 11.9. The number of nitrogens with two attached hydrogens (primary N) is 1. The maximum Gasteiger partial charge on any atom is 0.174 e. The van der Waals surface area contributed by atoms with Gasteiger partial charge in [0.1, 0.15) is 5.00 Å². The lowest BCUT2D eigenvalue weighted by molar-refractivity contribution is 0.0839. The molecule has 0 amide bonds. The summed E-state index contributed by atoms with van der Waals surface area (Å²) in [5.41, 5.74) is 6.06. The molecule has 1 atom stereocenters. The van der Waals surface area contributed by atoms with Crippen molar-refractivity contribution in [2.45, 2.75) is 37.2 Å². The van der Waals surface area contributed by atoms with Gasteiger partial charge in [0, 0.05) is 19.5 Å². The summed E-state index contributed by atoms with van der Waals surface area (Å²) in [5.74, 6) is 0.0926. The third-order valence-corrected chi connectivity index (χ3v) is 5.66. The van der Waals surface area contributed by atoms with E-state index in [1.165, 1.54) is 11.3 Å². The molecule has 4 nitrogen and oxygen atoms in total. The molecule has 1 fully saturated rings. The van der Waals surface area contributed by atoms with E-state index in [2.05, 4.69) is 4.90 Å². The molecular formula is C13H20N2O2S2. The highest BCUT2D eigenvalue weighted by molar-refractivity contribution is 7.99. The van der Waals surface area contributed by atoms with Crippen LogP contribution in [0.3, 0.4) is 0 Å². The summed E-state index contributed by atoms with van der Waals surface area (Å²) in [6, 6.07) is 0. The number of hydrogen-bond donors (Lipinski definition) is 2. The van der Waals surface area contributed by atoms with Crippen molar-refractivity contribution in [2.24, 2.45) is 0 Å². The van der Waals surface area contributed by atoms with Crippen LogP contribution in [0.4, 0.5) is 10.7 Å². The van der Waals surface area contributed by atoms with Crippen molar-refractivity contribution in [3.05, 3.63) is 4.88 Å². The van der Waals surface area contributed by atoms with Crippen molar-refractivity contribution in [1.29, 1.82) is 0 Å². The van der Waals surface area contributed by atoms with Gasteiger partial charge in [-0.3, -0.25) is 4.79 Å². The van der Waals surface area contributed by atoms with Crippen LogP contribution < -0.4 is 10.6 Å². The molecule has 0 bridgehead atoms. The summed E-state index contributed by atoms with van der Waals surface area (Å²) in [5, 5.41) is 11.1. The van der Waals surface area contributed by atoms with Gasteiger partial charge in [0.25, 0.3) is 0 Å². The lowest BCUT2D eigenvalue weighted by atomic mass is 10.1. The predicted molar refractivity (Wildman–Crippen MR) is 82.6 cm³/mol. The molecule has 6 heteroatoms. The number of hydrogen-bond acceptors (Lipinski definition) is 6. The van der Waals surface area contributed by atoms with Crippen LogP contribution >= 0.6 is 23.1 Å². The Balaban J connectivity index is 2.38. The van der Waals surface area contributed by atoms with Gasteiger partial charge in [0.05, 0.1) is 21.1 Å². The highest BCUT2D eigenvalue weighted by atomic mass is 32.2. The number of aliphatic hydroxyl groups is 1. The number of Topliss-reactive ketones (excluding diaryl/α,β-unsaturated/α-hetero) is 1. The number of nitrogen functional groups attached to an aromatic ring is 1. The van der Waals surface area contributed by atoms with Crippen LogP contribution in [0.2, 0.25) is 0 Å². The van der Waals surface area contributed by atoms with Gasteiger partial charge in [0.2, 0.25) is 0 Å². The van der Waals surface area contributed by atoms with Crippen LogP contribution in [0.25, 0.3) is 0 Å². The molecule has 2 rings (SSSR count). The first-order valence-corrected chi connectivity index (χ1v) is 8.40. The van der Waals surface area contributed by atoms with E-state index in [-0.39, 0.29) is 5.78 Å². The van der Waals surface area contributed by atoms with Crippen molar-refractivity contribution in [2.75, 3.05) is 30.0 Å². The van der Waals surface area contributed by atoms with E-state index in [1.807, 2.05) is 20.1 Å². The maximum atomic E-state index is 11.9. The molecule has 0 radical (unpaired) electrons. The summed E-state index contributed by atoms with van der Waals surface area (Å²) >= 11 is 3.03. The van der Waals surface area contributed by atoms with E-state index in [9.17, 15) is 9.90 Å². The Morgan fingerprint density at radius 2 is 2.32 bits per heavy atom. The Labute approximate surface area is 122 Å². The normalized spacial score (nSPS) is 23.1. The van der Waals surface area contributed by atoms with Crippen LogP contribution in [0.15, 0.2) is 4.90 Å². The van der Waals surface area contributed by atoms with Gasteiger partial charge in [-0.2, -0.15) is 0 Å². The number of β-amino-alcohol motifs (C(OH)–C–C–N with tert-alkyl or cyclic N) is 1. The average molecular weight is 300 g/mol. The first-order valence-electron chi connectivity index (χ1n) is 6.36. The Morgan fingerprint density at radius 1 is 1.63 bits per heavy atom. The van der Waals surface area contributed by atoms with Gasteiger partial charge in [0.15, 0.2) is 5.78 Å². The van der Waals surface area contributed by atoms with Crippen LogP contribution in [-0.4, -0.2) is 35.8 Å². The third-order valence-electron chi connectivity index (χ3n) is 3.40. The van der Waals surface area contributed by atoms with Crippen molar-refractivity contribution < 1.29 is 9.90 Å². The van der Waals surface area contributed by atoms with E-state index in [4.69, 9.17) is 5.73 Å². The standard InChI is InChI=1S/C13H20N2O2S2/c1-4-8(16)10-9(14)11(18-3)12(19-10)15-6-5-13(2,17)7-15/h17H,4-7,14H2,1-3H3. The SMILES string of the molecule is CCC(=O)c1sc(N2CCC(C)(O)C2)c(SC)c1N. The number of thiophene rings is 1. The largest absolute Gasteiger partial charge is 0.396 e. The first-order chi connectivity index (χ1) is 8.89. The molecule has 0 aliphatic carbocycles. The van der Waals surface area contributed by atoms with E-state index >= 15 is 0 Å². The molecule has 2 heterocycles. The van der Waals surface area contributed by atoms with Crippen LogP contribution in [-0.2, 0) is 0 Å².